The van der Waals surface area contributed by atoms with E-state index in [1.54, 1.807) is 36.4 Å². The van der Waals surface area contributed by atoms with Gasteiger partial charge in [-0.25, -0.2) is 8.42 Å². The van der Waals surface area contributed by atoms with E-state index >= 15 is 0 Å². The molecule has 0 amide bonds. The number of fused-ring (bicyclic) bond motifs is 1. The molecule has 0 radical (unpaired) electrons. The molecule has 6 nitrogen and oxygen atoms in total. The molecule has 1 aliphatic heterocycles. The Labute approximate surface area is 169 Å². The van der Waals surface area contributed by atoms with E-state index in [1.807, 2.05) is 18.2 Å². The van der Waals surface area contributed by atoms with Gasteiger partial charge in [-0.2, -0.15) is 5.26 Å². The Hall–Kier alpha value is -3.50. The van der Waals surface area contributed by atoms with E-state index in [-0.39, 0.29) is 18.0 Å². The van der Waals surface area contributed by atoms with E-state index in [0.29, 0.717) is 22.7 Å². The lowest BCUT2D eigenvalue weighted by Crippen LogP contribution is -2.37. The maximum atomic E-state index is 13.3. The van der Waals surface area contributed by atoms with Gasteiger partial charge in [-0.05, 0) is 59.7 Å². The Balaban J connectivity index is 1.75. The van der Waals surface area contributed by atoms with Gasteiger partial charge in [-0.3, -0.25) is 4.31 Å². The van der Waals surface area contributed by atoms with Crippen molar-refractivity contribution < 1.29 is 17.9 Å². The quantitative estimate of drug-likeness (QED) is 0.658. The third-order valence-corrected chi connectivity index (χ3v) is 6.60. The van der Waals surface area contributed by atoms with Crippen LogP contribution in [0.1, 0.15) is 5.56 Å². The highest BCUT2D eigenvalue weighted by Gasteiger charge is 2.30. The summed E-state index contributed by atoms with van der Waals surface area (Å²) in [6.45, 7) is 0.497. The standard InChI is InChI=1S/C22H18N2O4S/c1-27-19-7-9-20(10-8-19)29(25,26)24-12-13-28-22-11-6-18(14-21(22)24)17-4-2-16(15-23)3-5-17/h2-11,14H,12-13H2,1H3. The summed E-state index contributed by atoms with van der Waals surface area (Å²) in [6.07, 6.45) is 0. The molecule has 0 unspecified atom stereocenters. The molecule has 0 saturated carbocycles. The van der Waals surface area contributed by atoms with Gasteiger partial charge in [0, 0.05) is 0 Å². The van der Waals surface area contributed by atoms with Crippen molar-refractivity contribution in [2.45, 2.75) is 4.90 Å². The van der Waals surface area contributed by atoms with Crippen LogP contribution in [0.5, 0.6) is 11.5 Å². The third kappa shape index (κ3) is 3.50. The van der Waals surface area contributed by atoms with Crippen molar-refractivity contribution in [1.82, 2.24) is 0 Å². The second-order valence-corrected chi connectivity index (χ2v) is 8.34. The fourth-order valence-electron chi connectivity index (χ4n) is 3.23. The van der Waals surface area contributed by atoms with Gasteiger partial charge >= 0.3 is 0 Å². The molecular formula is C22H18N2O4S. The number of nitriles is 1. The van der Waals surface area contributed by atoms with Crippen LogP contribution in [-0.2, 0) is 10.0 Å². The predicted octanol–water partition coefficient (Wildman–Crippen LogP) is 3.82. The van der Waals surface area contributed by atoms with Crippen LogP contribution in [0.4, 0.5) is 5.69 Å². The molecule has 1 heterocycles. The van der Waals surface area contributed by atoms with E-state index in [4.69, 9.17) is 14.7 Å². The minimum absolute atomic E-state index is 0.190. The molecule has 0 fully saturated rings. The highest BCUT2D eigenvalue weighted by molar-refractivity contribution is 7.92. The van der Waals surface area contributed by atoms with Gasteiger partial charge in [0.1, 0.15) is 18.1 Å². The first-order valence-corrected chi connectivity index (χ1v) is 10.4. The monoisotopic (exact) mass is 406 g/mol. The first-order chi connectivity index (χ1) is 14.0. The third-order valence-electron chi connectivity index (χ3n) is 4.77. The molecule has 0 saturated heterocycles. The summed E-state index contributed by atoms with van der Waals surface area (Å²) < 4.78 is 38.7. The Morgan fingerprint density at radius 2 is 1.69 bits per heavy atom. The predicted molar refractivity (Wildman–Crippen MR) is 110 cm³/mol. The number of rotatable bonds is 4. The van der Waals surface area contributed by atoms with Crippen molar-refractivity contribution in [2.75, 3.05) is 24.6 Å². The lowest BCUT2D eigenvalue weighted by molar-refractivity contribution is 0.316. The second-order valence-electron chi connectivity index (χ2n) is 6.47. The van der Waals surface area contributed by atoms with Crippen LogP contribution in [0, 0.1) is 11.3 Å². The average Bonchev–Trinajstić information content (AvgIpc) is 2.78. The van der Waals surface area contributed by atoms with Crippen molar-refractivity contribution in [1.29, 1.82) is 5.26 Å². The normalized spacial score (nSPS) is 13.2. The van der Waals surface area contributed by atoms with Gasteiger partial charge in [0.2, 0.25) is 0 Å². The van der Waals surface area contributed by atoms with Gasteiger partial charge in [0.15, 0.2) is 0 Å². The van der Waals surface area contributed by atoms with Gasteiger partial charge < -0.3 is 9.47 Å². The first kappa shape index (κ1) is 18.8. The molecular weight excluding hydrogens is 388 g/mol. The number of methoxy groups -OCH3 is 1. The minimum Gasteiger partial charge on any atom is -0.497 e. The van der Waals surface area contributed by atoms with Crippen LogP contribution in [0.15, 0.2) is 71.6 Å². The Bertz CT molecular complexity index is 1180. The van der Waals surface area contributed by atoms with Gasteiger partial charge in [0.25, 0.3) is 10.0 Å². The molecule has 0 aliphatic carbocycles. The molecule has 3 aromatic carbocycles. The molecule has 0 bridgehead atoms. The molecule has 0 spiro atoms. The molecule has 1 aliphatic rings. The van der Waals surface area contributed by atoms with Crippen molar-refractivity contribution in [2.24, 2.45) is 0 Å². The molecule has 3 aromatic rings. The number of benzene rings is 3. The van der Waals surface area contributed by atoms with E-state index in [0.717, 1.165) is 11.1 Å². The number of sulfonamides is 1. The lowest BCUT2D eigenvalue weighted by Gasteiger charge is -2.31. The average molecular weight is 406 g/mol. The minimum atomic E-state index is -3.76. The second kappa shape index (κ2) is 7.49. The molecule has 0 aromatic heterocycles. The van der Waals surface area contributed by atoms with E-state index in [1.165, 1.54) is 23.5 Å². The fourth-order valence-corrected chi connectivity index (χ4v) is 4.69. The molecule has 7 heteroatoms. The number of anilines is 1. The van der Waals surface area contributed by atoms with Crippen LogP contribution in [0.3, 0.4) is 0 Å². The maximum Gasteiger partial charge on any atom is 0.264 e. The van der Waals surface area contributed by atoms with Gasteiger partial charge in [0.05, 0.1) is 35.9 Å². The van der Waals surface area contributed by atoms with E-state index < -0.39 is 10.0 Å². The first-order valence-electron chi connectivity index (χ1n) is 8.97. The summed E-state index contributed by atoms with van der Waals surface area (Å²) in [5.41, 5.74) is 2.79. The lowest BCUT2D eigenvalue weighted by atomic mass is 10.0. The SMILES string of the molecule is COc1ccc(S(=O)(=O)N2CCOc3ccc(-c4ccc(C#N)cc4)cc32)cc1. The largest absolute Gasteiger partial charge is 0.497 e. The summed E-state index contributed by atoms with van der Waals surface area (Å²) in [5, 5.41) is 8.97. The summed E-state index contributed by atoms with van der Waals surface area (Å²) in [7, 11) is -2.22. The van der Waals surface area contributed by atoms with Gasteiger partial charge in [-0.15, -0.1) is 0 Å². The molecule has 146 valence electrons. The molecule has 4 rings (SSSR count). The van der Waals surface area contributed by atoms with Crippen LogP contribution >= 0.6 is 0 Å². The number of hydrogen-bond donors (Lipinski definition) is 0. The smallest absolute Gasteiger partial charge is 0.264 e. The number of hydrogen-bond acceptors (Lipinski definition) is 5. The Morgan fingerprint density at radius 1 is 1.00 bits per heavy atom. The molecule has 29 heavy (non-hydrogen) atoms. The summed E-state index contributed by atoms with van der Waals surface area (Å²) in [4.78, 5) is 0.190. The summed E-state index contributed by atoms with van der Waals surface area (Å²) in [5.74, 6) is 1.11. The highest BCUT2D eigenvalue weighted by atomic mass is 32.2. The van der Waals surface area contributed by atoms with Crippen LogP contribution in [-0.4, -0.2) is 28.7 Å². The van der Waals surface area contributed by atoms with Crippen molar-refractivity contribution >= 4 is 15.7 Å². The number of nitrogens with zero attached hydrogens (tertiary/aromatic N) is 2. The Kier molecular flexibility index (Phi) is 4.87. The Morgan fingerprint density at radius 3 is 2.34 bits per heavy atom. The maximum absolute atomic E-state index is 13.3. The van der Waals surface area contributed by atoms with Crippen LogP contribution in [0.25, 0.3) is 11.1 Å². The zero-order valence-electron chi connectivity index (χ0n) is 15.7. The summed E-state index contributed by atoms with van der Waals surface area (Å²) in [6, 6.07) is 21.0. The van der Waals surface area contributed by atoms with E-state index in [2.05, 4.69) is 6.07 Å². The molecule has 0 atom stereocenters. The van der Waals surface area contributed by atoms with Crippen LogP contribution < -0.4 is 13.8 Å². The molecule has 0 N–H and O–H groups in total. The van der Waals surface area contributed by atoms with E-state index in [9.17, 15) is 8.42 Å². The fraction of sp³-hybridized carbons (Fsp3) is 0.136. The zero-order valence-corrected chi connectivity index (χ0v) is 16.5. The van der Waals surface area contributed by atoms with Gasteiger partial charge in [-0.1, -0.05) is 18.2 Å². The summed E-state index contributed by atoms with van der Waals surface area (Å²) >= 11 is 0. The van der Waals surface area contributed by atoms with Crippen molar-refractivity contribution in [3.05, 3.63) is 72.3 Å². The van der Waals surface area contributed by atoms with Crippen molar-refractivity contribution in [3.63, 3.8) is 0 Å². The highest BCUT2D eigenvalue weighted by Crippen LogP contribution is 2.38. The van der Waals surface area contributed by atoms with Crippen LogP contribution in [0.2, 0.25) is 0 Å². The zero-order chi connectivity index (χ0) is 20.4. The van der Waals surface area contributed by atoms with Crippen molar-refractivity contribution in [3.8, 4) is 28.7 Å². The topological polar surface area (TPSA) is 79.6 Å². The number of ether oxygens (including phenoxy) is 2.